The largest absolute Gasteiger partial charge is 0.497 e. The molecule has 2 N–H and O–H groups in total. The molecule has 0 aliphatic carbocycles. The second-order valence-electron chi connectivity index (χ2n) is 10.1. The van der Waals surface area contributed by atoms with Crippen molar-refractivity contribution in [3.63, 3.8) is 0 Å². The first-order valence-corrected chi connectivity index (χ1v) is 16.1. The summed E-state index contributed by atoms with van der Waals surface area (Å²) in [4.78, 5) is 0.0972. The molecule has 0 bridgehead atoms. The number of benzene rings is 4. The molecule has 0 unspecified atom stereocenters. The average molecular weight is 595 g/mol. The number of methoxy groups -OCH3 is 1. The standard InChI is InChI=1S/C31H34N2O6S2/c1-21(2)23-6-15-28(16-7-23)40(34,35)32-30-19-14-27(39-26-12-10-25(38-5)11-13-26)20-31(30)33-41(36,37)29-17-8-24(9-18-29)22(3)4/h6-22,32-33H,1-5H3. The fraction of sp³-hybridized carbons (Fsp3) is 0.226. The Kier molecular flexibility index (Phi) is 8.94. The van der Waals surface area contributed by atoms with Gasteiger partial charge < -0.3 is 9.47 Å². The summed E-state index contributed by atoms with van der Waals surface area (Å²) in [6.45, 7) is 8.08. The molecule has 8 nitrogen and oxygen atoms in total. The van der Waals surface area contributed by atoms with E-state index in [4.69, 9.17) is 9.47 Å². The van der Waals surface area contributed by atoms with E-state index >= 15 is 0 Å². The molecule has 0 aromatic heterocycles. The van der Waals surface area contributed by atoms with Crippen LogP contribution in [0.2, 0.25) is 0 Å². The zero-order chi connectivity index (χ0) is 29.8. The summed E-state index contributed by atoms with van der Waals surface area (Å²) in [6.07, 6.45) is 0. The Morgan fingerprint density at radius 1 is 0.537 bits per heavy atom. The molecule has 0 aliphatic rings. The topological polar surface area (TPSA) is 111 Å². The van der Waals surface area contributed by atoms with E-state index in [0.717, 1.165) is 11.1 Å². The first kappa shape index (κ1) is 30.0. The Bertz CT molecular complexity index is 1700. The lowest BCUT2D eigenvalue weighted by atomic mass is 10.0. The van der Waals surface area contributed by atoms with Crippen LogP contribution in [0.15, 0.2) is 101 Å². The Hall–Kier alpha value is -4.02. The van der Waals surface area contributed by atoms with E-state index < -0.39 is 20.0 Å². The van der Waals surface area contributed by atoms with E-state index in [0.29, 0.717) is 17.2 Å². The van der Waals surface area contributed by atoms with E-state index in [2.05, 4.69) is 9.44 Å². The molecule has 0 amide bonds. The van der Waals surface area contributed by atoms with E-state index in [9.17, 15) is 16.8 Å². The van der Waals surface area contributed by atoms with Crippen LogP contribution in [0.25, 0.3) is 0 Å². The molecule has 4 rings (SSSR count). The third kappa shape index (κ3) is 7.39. The number of sulfonamides is 2. The fourth-order valence-electron chi connectivity index (χ4n) is 4.01. The van der Waals surface area contributed by atoms with Crippen molar-refractivity contribution in [1.29, 1.82) is 0 Å². The number of hydrogen-bond acceptors (Lipinski definition) is 6. The Morgan fingerprint density at radius 2 is 0.951 bits per heavy atom. The first-order valence-electron chi connectivity index (χ1n) is 13.1. The van der Waals surface area contributed by atoms with Gasteiger partial charge in [0.1, 0.15) is 17.2 Å². The van der Waals surface area contributed by atoms with Crippen molar-refractivity contribution in [2.75, 3.05) is 16.6 Å². The van der Waals surface area contributed by atoms with Crippen LogP contribution in [-0.2, 0) is 20.0 Å². The molecule has 0 atom stereocenters. The third-order valence-electron chi connectivity index (χ3n) is 6.49. The van der Waals surface area contributed by atoms with Crippen molar-refractivity contribution in [3.8, 4) is 17.2 Å². The molecule has 0 aliphatic heterocycles. The lowest BCUT2D eigenvalue weighted by Crippen LogP contribution is -2.18. The SMILES string of the molecule is COc1ccc(Oc2ccc(NS(=O)(=O)c3ccc(C(C)C)cc3)c(NS(=O)(=O)c3ccc(C(C)C)cc3)c2)cc1. The van der Waals surface area contributed by atoms with Gasteiger partial charge in [-0.25, -0.2) is 16.8 Å². The van der Waals surface area contributed by atoms with Crippen LogP contribution in [0.1, 0.15) is 50.7 Å². The maximum Gasteiger partial charge on any atom is 0.261 e. The summed E-state index contributed by atoms with van der Waals surface area (Å²) in [5.74, 6) is 1.92. The molecule has 0 fully saturated rings. The minimum absolute atomic E-state index is 0.00585. The molecule has 41 heavy (non-hydrogen) atoms. The van der Waals surface area contributed by atoms with Gasteiger partial charge in [-0.1, -0.05) is 52.0 Å². The molecule has 0 saturated heterocycles. The zero-order valence-corrected chi connectivity index (χ0v) is 25.2. The van der Waals surface area contributed by atoms with Crippen molar-refractivity contribution in [2.24, 2.45) is 0 Å². The zero-order valence-electron chi connectivity index (χ0n) is 23.6. The third-order valence-corrected chi connectivity index (χ3v) is 9.25. The smallest absolute Gasteiger partial charge is 0.261 e. The van der Waals surface area contributed by atoms with Gasteiger partial charge >= 0.3 is 0 Å². The lowest BCUT2D eigenvalue weighted by Gasteiger charge is -2.17. The minimum Gasteiger partial charge on any atom is -0.497 e. The molecule has 0 saturated carbocycles. The van der Waals surface area contributed by atoms with Crippen molar-refractivity contribution in [1.82, 2.24) is 0 Å². The van der Waals surface area contributed by atoms with Crippen LogP contribution in [0.3, 0.4) is 0 Å². The molecular weight excluding hydrogens is 560 g/mol. The maximum atomic E-state index is 13.4. The van der Waals surface area contributed by atoms with Gasteiger partial charge in [-0.05, 0) is 83.6 Å². The van der Waals surface area contributed by atoms with Gasteiger partial charge in [-0.15, -0.1) is 0 Å². The Labute approximate surface area is 242 Å². The summed E-state index contributed by atoms with van der Waals surface area (Å²) in [6, 6.07) is 24.4. The highest BCUT2D eigenvalue weighted by Crippen LogP contribution is 2.34. The Balaban J connectivity index is 1.69. The van der Waals surface area contributed by atoms with Crippen LogP contribution in [0.4, 0.5) is 11.4 Å². The average Bonchev–Trinajstić information content (AvgIpc) is 2.94. The number of hydrogen-bond donors (Lipinski definition) is 2. The summed E-state index contributed by atoms with van der Waals surface area (Å²) < 4.78 is 69.5. The second kappa shape index (κ2) is 12.2. The molecule has 0 spiro atoms. The van der Waals surface area contributed by atoms with Gasteiger partial charge in [0.2, 0.25) is 0 Å². The van der Waals surface area contributed by atoms with E-state index in [-0.39, 0.29) is 33.0 Å². The predicted molar refractivity (Wildman–Crippen MR) is 162 cm³/mol. The highest BCUT2D eigenvalue weighted by atomic mass is 32.2. The summed E-state index contributed by atoms with van der Waals surface area (Å²) in [7, 11) is -6.54. The van der Waals surface area contributed by atoms with Gasteiger partial charge in [0.15, 0.2) is 0 Å². The summed E-state index contributed by atoms with van der Waals surface area (Å²) >= 11 is 0. The number of rotatable bonds is 11. The first-order chi connectivity index (χ1) is 19.4. The van der Waals surface area contributed by atoms with Crippen LogP contribution in [0, 0.1) is 0 Å². The van der Waals surface area contributed by atoms with Crippen molar-refractivity contribution < 1.29 is 26.3 Å². The van der Waals surface area contributed by atoms with Crippen molar-refractivity contribution in [2.45, 2.75) is 49.3 Å². The Morgan fingerprint density at radius 3 is 1.39 bits per heavy atom. The quantitative estimate of drug-likeness (QED) is 0.188. The van der Waals surface area contributed by atoms with Gasteiger partial charge in [0.25, 0.3) is 20.0 Å². The van der Waals surface area contributed by atoms with Gasteiger partial charge in [-0.3, -0.25) is 9.44 Å². The number of ether oxygens (including phenoxy) is 2. The van der Waals surface area contributed by atoms with Gasteiger partial charge in [-0.2, -0.15) is 0 Å². The van der Waals surface area contributed by atoms with E-state index in [1.807, 2.05) is 27.7 Å². The highest BCUT2D eigenvalue weighted by molar-refractivity contribution is 7.93. The van der Waals surface area contributed by atoms with Crippen molar-refractivity contribution in [3.05, 3.63) is 102 Å². The molecule has 0 heterocycles. The molecule has 4 aromatic rings. The molecule has 216 valence electrons. The molecular formula is C31H34N2O6S2. The molecule has 4 aromatic carbocycles. The normalized spacial score (nSPS) is 11.9. The monoisotopic (exact) mass is 594 g/mol. The van der Waals surface area contributed by atoms with Crippen LogP contribution < -0.4 is 18.9 Å². The van der Waals surface area contributed by atoms with Crippen LogP contribution in [-0.4, -0.2) is 23.9 Å². The summed E-state index contributed by atoms with van der Waals surface area (Å²) in [5.41, 5.74) is 2.05. The highest BCUT2D eigenvalue weighted by Gasteiger charge is 2.21. The van der Waals surface area contributed by atoms with Gasteiger partial charge in [0.05, 0.1) is 28.3 Å². The predicted octanol–water partition coefficient (Wildman–Crippen LogP) is 7.34. The van der Waals surface area contributed by atoms with Gasteiger partial charge in [0, 0.05) is 6.07 Å². The molecule has 10 heteroatoms. The lowest BCUT2D eigenvalue weighted by molar-refractivity contribution is 0.413. The summed E-state index contributed by atoms with van der Waals surface area (Å²) in [5, 5.41) is 0. The molecule has 0 radical (unpaired) electrons. The second-order valence-corrected chi connectivity index (χ2v) is 13.5. The number of nitrogens with one attached hydrogen (secondary N) is 2. The van der Waals surface area contributed by atoms with E-state index in [1.165, 1.54) is 36.4 Å². The maximum absolute atomic E-state index is 13.4. The minimum atomic E-state index is -4.07. The van der Waals surface area contributed by atoms with Crippen molar-refractivity contribution >= 4 is 31.4 Å². The fourth-order valence-corrected chi connectivity index (χ4v) is 6.16. The van der Waals surface area contributed by atoms with E-state index in [1.54, 1.807) is 61.7 Å². The van der Waals surface area contributed by atoms with Crippen LogP contribution in [0.5, 0.6) is 17.2 Å². The van der Waals surface area contributed by atoms with Crippen LogP contribution >= 0.6 is 0 Å². The number of anilines is 2.